The van der Waals surface area contributed by atoms with Crippen LogP contribution in [-0.4, -0.2) is 28.6 Å². The molecule has 0 aromatic carbocycles. The van der Waals surface area contributed by atoms with Crippen molar-refractivity contribution in [2.75, 3.05) is 13.7 Å². The summed E-state index contributed by atoms with van der Waals surface area (Å²) in [6.07, 6.45) is 6.27. The number of nitrogens with one attached hydrogen (secondary N) is 1. The zero-order chi connectivity index (χ0) is 14.4. The minimum Gasteiger partial charge on any atom is -0.481 e. The summed E-state index contributed by atoms with van der Waals surface area (Å²) in [6.45, 7) is 5.13. The van der Waals surface area contributed by atoms with Crippen LogP contribution in [0.25, 0.3) is 0 Å². The molecule has 1 atom stereocenters. The molecular weight excluding hydrogens is 252 g/mol. The lowest BCUT2D eigenvalue weighted by Crippen LogP contribution is -2.25. The average Bonchev–Trinajstić information content (AvgIpc) is 2.49. The molecule has 0 aliphatic carbocycles. The number of aromatic nitrogens is 3. The van der Waals surface area contributed by atoms with Gasteiger partial charge in [-0.15, -0.1) is 0 Å². The Balaban J connectivity index is 2.38. The van der Waals surface area contributed by atoms with E-state index in [9.17, 15) is 0 Å². The maximum Gasteiger partial charge on any atom is 0.216 e. The van der Waals surface area contributed by atoms with Gasteiger partial charge in [0.15, 0.2) is 0 Å². The second-order valence-corrected chi connectivity index (χ2v) is 4.60. The first kappa shape index (κ1) is 14.4. The van der Waals surface area contributed by atoms with Gasteiger partial charge in [0.2, 0.25) is 5.88 Å². The number of aryl methyl sites for hydroxylation is 1. The van der Waals surface area contributed by atoms with E-state index in [1.54, 1.807) is 13.3 Å². The highest BCUT2D eigenvalue weighted by Crippen LogP contribution is 2.24. The number of rotatable bonds is 6. The molecule has 2 aromatic heterocycles. The third-order valence-electron chi connectivity index (χ3n) is 3.16. The molecule has 1 N–H and O–H groups in total. The van der Waals surface area contributed by atoms with Crippen LogP contribution in [0.1, 0.15) is 36.2 Å². The molecule has 0 saturated heterocycles. The van der Waals surface area contributed by atoms with Gasteiger partial charge >= 0.3 is 0 Å². The van der Waals surface area contributed by atoms with E-state index in [1.807, 2.05) is 18.3 Å². The van der Waals surface area contributed by atoms with Crippen LogP contribution in [0, 0.1) is 6.92 Å². The van der Waals surface area contributed by atoms with Crippen LogP contribution in [0.3, 0.4) is 0 Å². The SMILES string of the molecule is CCCNC(c1cc(OC)ncn1)c1cnccc1C. The van der Waals surface area contributed by atoms with E-state index in [0.717, 1.165) is 24.2 Å². The van der Waals surface area contributed by atoms with Crippen LogP contribution in [0.4, 0.5) is 0 Å². The van der Waals surface area contributed by atoms with Crippen LogP contribution in [0.2, 0.25) is 0 Å². The van der Waals surface area contributed by atoms with Gasteiger partial charge in [0.05, 0.1) is 18.8 Å². The summed E-state index contributed by atoms with van der Waals surface area (Å²) in [4.78, 5) is 12.7. The maximum atomic E-state index is 5.18. The molecule has 0 aliphatic rings. The van der Waals surface area contributed by atoms with Gasteiger partial charge in [-0.1, -0.05) is 6.92 Å². The van der Waals surface area contributed by atoms with Crippen LogP contribution in [0.15, 0.2) is 30.9 Å². The number of hydrogen-bond donors (Lipinski definition) is 1. The number of ether oxygens (including phenoxy) is 1. The molecule has 2 aromatic rings. The Morgan fingerprint density at radius 1 is 1.35 bits per heavy atom. The minimum atomic E-state index is 0.000509. The first-order valence-corrected chi connectivity index (χ1v) is 6.76. The molecule has 0 spiro atoms. The van der Waals surface area contributed by atoms with E-state index in [-0.39, 0.29) is 6.04 Å². The van der Waals surface area contributed by atoms with Crippen molar-refractivity contribution in [1.29, 1.82) is 0 Å². The molecule has 0 bridgehead atoms. The highest BCUT2D eigenvalue weighted by atomic mass is 16.5. The molecule has 5 nitrogen and oxygen atoms in total. The van der Waals surface area contributed by atoms with Crippen LogP contribution in [-0.2, 0) is 0 Å². The fraction of sp³-hybridized carbons (Fsp3) is 0.400. The highest BCUT2D eigenvalue weighted by Gasteiger charge is 2.17. The van der Waals surface area contributed by atoms with Crippen molar-refractivity contribution in [3.05, 3.63) is 47.7 Å². The zero-order valence-electron chi connectivity index (χ0n) is 12.1. The quantitative estimate of drug-likeness (QED) is 0.874. The van der Waals surface area contributed by atoms with E-state index in [1.165, 1.54) is 11.9 Å². The first-order chi connectivity index (χ1) is 9.76. The van der Waals surface area contributed by atoms with Crippen LogP contribution < -0.4 is 10.1 Å². The molecule has 5 heteroatoms. The van der Waals surface area contributed by atoms with E-state index in [2.05, 4.69) is 34.1 Å². The van der Waals surface area contributed by atoms with E-state index >= 15 is 0 Å². The molecule has 0 saturated carbocycles. The van der Waals surface area contributed by atoms with Gasteiger partial charge in [-0.3, -0.25) is 4.98 Å². The number of nitrogens with zero attached hydrogens (tertiary/aromatic N) is 3. The standard InChI is InChI=1S/C15H20N4O/c1-4-6-17-15(12-9-16-7-5-11(12)2)13-8-14(20-3)19-10-18-13/h5,7-10,15,17H,4,6H2,1-3H3. The summed E-state index contributed by atoms with van der Waals surface area (Å²) < 4.78 is 5.18. The van der Waals surface area contributed by atoms with Crippen molar-refractivity contribution in [1.82, 2.24) is 20.3 Å². The predicted octanol–water partition coefficient (Wildman–Crippen LogP) is 2.28. The largest absolute Gasteiger partial charge is 0.481 e. The lowest BCUT2D eigenvalue weighted by Gasteiger charge is -2.20. The predicted molar refractivity (Wildman–Crippen MR) is 77.7 cm³/mol. The minimum absolute atomic E-state index is 0.000509. The second-order valence-electron chi connectivity index (χ2n) is 4.60. The average molecular weight is 272 g/mol. The van der Waals surface area contributed by atoms with Crippen molar-refractivity contribution in [3.8, 4) is 5.88 Å². The lowest BCUT2D eigenvalue weighted by molar-refractivity contribution is 0.394. The van der Waals surface area contributed by atoms with Gasteiger partial charge in [-0.05, 0) is 37.1 Å². The summed E-state index contributed by atoms with van der Waals surface area (Å²) >= 11 is 0. The Bertz CT molecular complexity index is 559. The van der Waals surface area contributed by atoms with Crippen molar-refractivity contribution in [2.45, 2.75) is 26.3 Å². The van der Waals surface area contributed by atoms with Gasteiger partial charge in [-0.25, -0.2) is 9.97 Å². The number of methoxy groups -OCH3 is 1. The maximum absolute atomic E-state index is 5.18. The van der Waals surface area contributed by atoms with Gasteiger partial charge in [0.25, 0.3) is 0 Å². The van der Waals surface area contributed by atoms with Crippen molar-refractivity contribution in [3.63, 3.8) is 0 Å². The molecule has 0 aliphatic heterocycles. The smallest absolute Gasteiger partial charge is 0.216 e. The monoisotopic (exact) mass is 272 g/mol. The molecule has 106 valence electrons. The summed E-state index contributed by atoms with van der Waals surface area (Å²) in [5, 5.41) is 3.51. The van der Waals surface area contributed by atoms with Gasteiger partial charge in [0.1, 0.15) is 6.33 Å². The molecule has 1 unspecified atom stereocenters. The van der Waals surface area contributed by atoms with Crippen molar-refractivity contribution < 1.29 is 4.74 Å². The Kier molecular flexibility index (Phi) is 5.01. The molecule has 2 rings (SSSR count). The molecular formula is C15H20N4O. The van der Waals surface area contributed by atoms with Crippen LogP contribution in [0.5, 0.6) is 5.88 Å². The fourth-order valence-electron chi connectivity index (χ4n) is 2.06. The topological polar surface area (TPSA) is 59.9 Å². The molecule has 20 heavy (non-hydrogen) atoms. The van der Waals surface area contributed by atoms with E-state index in [0.29, 0.717) is 5.88 Å². The Labute approximate surface area is 119 Å². The Morgan fingerprint density at radius 3 is 2.90 bits per heavy atom. The highest BCUT2D eigenvalue weighted by molar-refractivity contribution is 5.32. The number of hydrogen-bond acceptors (Lipinski definition) is 5. The van der Waals surface area contributed by atoms with Crippen LogP contribution >= 0.6 is 0 Å². The number of pyridine rings is 1. The summed E-state index contributed by atoms with van der Waals surface area (Å²) in [5.41, 5.74) is 3.20. The van der Waals surface area contributed by atoms with Gasteiger partial charge in [-0.2, -0.15) is 0 Å². The lowest BCUT2D eigenvalue weighted by atomic mass is 10.0. The first-order valence-electron chi connectivity index (χ1n) is 6.76. The summed E-state index contributed by atoms with van der Waals surface area (Å²) in [7, 11) is 1.61. The molecule has 0 fully saturated rings. The Morgan fingerprint density at radius 2 is 2.20 bits per heavy atom. The molecule has 0 radical (unpaired) electrons. The molecule has 2 heterocycles. The third kappa shape index (κ3) is 3.30. The zero-order valence-corrected chi connectivity index (χ0v) is 12.1. The third-order valence-corrected chi connectivity index (χ3v) is 3.16. The van der Waals surface area contributed by atoms with Gasteiger partial charge in [0, 0.05) is 18.5 Å². The second kappa shape index (κ2) is 6.96. The van der Waals surface area contributed by atoms with Gasteiger partial charge < -0.3 is 10.1 Å². The summed E-state index contributed by atoms with van der Waals surface area (Å²) in [5.74, 6) is 0.569. The normalized spacial score (nSPS) is 12.2. The summed E-state index contributed by atoms with van der Waals surface area (Å²) in [6, 6.07) is 3.87. The Hall–Kier alpha value is -2.01. The molecule has 0 amide bonds. The van der Waals surface area contributed by atoms with E-state index in [4.69, 9.17) is 4.74 Å². The van der Waals surface area contributed by atoms with E-state index < -0.39 is 0 Å². The fourth-order valence-corrected chi connectivity index (χ4v) is 2.06. The van der Waals surface area contributed by atoms with Crippen molar-refractivity contribution >= 4 is 0 Å². The van der Waals surface area contributed by atoms with Crippen molar-refractivity contribution in [2.24, 2.45) is 0 Å².